The van der Waals surface area contributed by atoms with Gasteiger partial charge in [-0.25, -0.2) is 0 Å². The van der Waals surface area contributed by atoms with Crippen molar-refractivity contribution in [3.05, 3.63) is 63.2 Å². The SMILES string of the molecule is COc1ccc(-c2cc(=O)c3cc(Br)ccc3s2)cc1. The minimum absolute atomic E-state index is 0.0471. The zero-order valence-corrected chi connectivity index (χ0v) is 13.1. The Bertz CT molecular complexity index is 822. The molecule has 0 atom stereocenters. The van der Waals surface area contributed by atoms with Crippen LogP contribution < -0.4 is 10.2 Å². The van der Waals surface area contributed by atoms with Gasteiger partial charge in [-0.2, -0.15) is 0 Å². The quantitative estimate of drug-likeness (QED) is 0.672. The highest BCUT2D eigenvalue weighted by atomic mass is 79.9. The van der Waals surface area contributed by atoms with Crippen molar-refractivity contribution in [3.8, 4) is 16.2 Å². The summed E-state index contributed by atoms with van der Waals surface area (Å²) in [7, 11) is 1.64. The smallest absolute Gasteiger partial charge is 0.188 e. The Balaban J connectivity index is 2.16. The minimum atomic E-state index is 0.0471. The molecule has 0 radical (unpaired) electrons. The van der Waals surface area contributed by atoms with Crippen LogP contribution in [0.3, 0.4) is 0 Å². The molecule has 1 aromatic heterocycles. The Labute approximate surface area is 128 Å². The molecule has 100 valence electrons. The molecule has 3 rings (SSSR count). The number of hydrogen-bond donors (Lipinski definition) is 0. The summed E-state index contributed by atoms with van der Waals surface area (Å²) in [6.45, 7) is 0. The van der Waals surface area contributed by atoms with Crippen LogP contribution in [0.4, 0.5) is 0 Å². The lowest BCUT2D eigenvalue weighted by Gasteiger charge is -2.04. The number of benzene rings is 2. The highest BCUT2D eigenvalue weighted by Crippen LogP contribution is 2.30. The Hall–Kier alpha value is -1.65. The van der Waals surface area contributed by atoms with E-state index in [9.17, 15) is 4.79 Å². The normalized spacial score (nSPS) is 10.7. The van der Waals surface area contributed by atoms with Crippen LogP contribution in [0, 0.1) is 0 Å². The highest BCUT2D eigenvalue weighted by Gasteiger charge is 2.06. The molecular weight excluding hydrogens is 336 g/mol. The highest BCUT2D eigenvalue weighted by molar-refractivity contribution is 9.10. The summed E-state index contributed by atoms with van der Waals surface area (Å²) in [5.74, 6) is 0.811. The number of ether oxygens (including phenoxy) is 1. The first-order valence-electron chi connectivity index (χ1n) is 6.05. The second-order valence-corrected chi connectivity index (χ2v) is 6.34. The Morgan fingerprint density at radius 2 is 1.80 bits per heavy atom. The Morgan fingerprint density at radius 3 is 2.50 bits per heavy atom. The van der Waals surface area contributed by atoms with Gasteiger partial charge in [0.25, 0.3) is 0 Å². The van der Waals surface area contributed by atoms with Crippen LogP contribution >= 0.6 is 27.3 Å². The predicted octanol–water partition coefficient (Wildman–Crippen LogP) is 4.70. The zero-order valence-electron chi connectivity index (χ0n) is 10.7. The Morgan fingerprint density at radius 1 is 1.05 bits per heavy atom. The fourth-order valence-corrected chi connectivity index (χ4v) is 3.45. The van der Waals surface area contributed by atoms with Crippen molar-refractivity contribution in [1.82, 2.24) is 0 Å². The molecule has 0 spiro atoms. The van der Waals surface area contributed by atoms with Gasteiger partial charge in [0.15, 0.2) is 5.43 Å². The maximum atomic E-state index is 12.2. The van der Waals surface area contributed by atoms with Crippen LogP contribution in [0.1, 0.15) is 0 Å². The summed E-state index contributed by atoms with van der Waals surface area (Å²) in [5.41, 5.74) is 1.07. The first-order chi connectivity index (χ1) is 9.67. The summed E-state index contributed by atoms with van der Waals surface area (Å²) in [6.07, 6.45) is 0. The van der Waals surface area contributed by atoms with E-state index in [0.29, 0.717) is 0 Å². The van der Waals surface area contributed by atoms with E-state index in [1.54, 1.807) is 24.5 Å². The van der Waals surface area contributed by atoms with E-state index in [4.69, 9.17) is 4.74 Å². The van der Waals surface area contributed by atoms with Crippen LogP contribution in [0.5, 0.6) is 5.75 Å². The lowest BCUT2D eigenvalue weighted by atomic mass is 10.1. The van der Waals surface area contributed by atoms with E-state index >= 15 is 0 Å². The summed E-state index contributed by atoms with van der Waals surface area (Å²) >= 11 is 5.01. The molecule has 0 unspecified atom stereocenters. The molecule has 0 amide bonds. The fraction of sp³-hybridized carbons (Fsp3) is 0.0625. The molecule has 3 aromatic rings. The summed E-state index contributed by atoms with van der Waals surface area (Å²) in [5, 5.41) is 0.752. The van der Waals surface area contributed by atoms with Crippen molar-refractivity contribution in [1.29, 1.82) is 0 Å². The van der Waals surface area contributed by atoms with Gasteiger partial charge in [0.1, 0.15) is 5.75 Å². The minimum Gasteiger partial charge on any atom is -0.497 e. The molecule has 0 N–H and O–H groups in total. The zero-order chi connectivity index (χ0) is 14.1. The Kier molecular flexibility index (Phi) is 3.59. The fourth-order valence-electron chi connectivity index (χ4n) is 2.03. The molecule has 0 bridgehead atoms. The van der Waals surface area contributed by atoms with Gasteiger partial charge < -0.3 is 4.74 Å². The van der Waals surface area contributed by atoms with Crippen molar-refractivity contribution in [2.24, 2.45) is 0 Å². The molecule has 0 aliphatic heterocycles. The number of methoxy groups -OCH3 is 1. The van der Waals surface area contributed by atoms with Crippen molar-refractivity contribution >= 4 is 37.4 Å². The third-order valence-corrected chi connectivity index (χ3v) is 4.71. The summed E-state index contributed by atoms with van der Waals surface area (Å²) in [4.78, 5) is 13.2. The summed E-state index contributed by atoms with van der Waals surface area (Å²) < 4.78 is 7.06. The van der Waals surface area contributed by atoms with Crippen LogP contribution in [0.2, 0.25) is 0 Å². The van der Waals surface area contributed by atoms with Gasteiger partial charge in [0.05, 0.1) is 7.11 Å². The van der Waals surface area contributed by atoms with E-state index in [0.717, 1.165) is 30.7 Å². The topological polar surface area (TPSA) is 26.3 Å². The average Bonchev–Trinajstić information content (AvgIpc) is 2.48. The third kappa shape index (κ3) is 2.49. The van der Waals surface area contributed by atoms with E-state index < -0.39 is 0 Å². The van der Waals surface area contributed by atoms with E-state index in [2.05, 4.69) is 15.9 Å². The molecule has 0 aliphatic carbocycles. The molecule has 0 fully saturated rings. The van der Waals surface area contributed by atoms with Crippen LogP contribution in [0.25, 0.3) is 20.5 Å². The first kappa shape index (κ1) is 13.3. The van der Waals surface area contributed by atoms with Gasteiger partial charge in [-0.1, -0.05) is 15.9 Å². The van der Waals surface area contributed by atoms with Crippen LogP contribution in [-0.2, 0) is 0 Å². The lowest BCUT2D eigenvalue weighted by Crippen LogP contribution is -1.98. The summed E-state index contributed by atoms with van der Waals surface area (Å²) in [6, 6.07) is 15.2. The second-order valence-electron chi connectivity index (χ2n) is 4.34. The predicted molar refractivity (Wildman–Crippen MR) is 87.8 cm³/mol. The first-order valence-corrected chi connectivity index (χ1v) is 7.66. The van der Waals surface area contributed by atoms with Crippen LogP contribution in [0.15, 0.2) is 57.8 Å². The van der Waals surface area contributed by atoms with E-state index in [1.807, 2.05) is 42.5 Å². The molecule has 0 aliphatic rings. The van der Waals surface area contributed by atoms with Gasteiger partial charge in [0.2, 0.25) is 0 Å². The van der Waals surface area contributed by atoms with Gasteiger partial charge in [-0.05, 0) is 48.0 Å². The molecule has 2 aromatic carbocycles. The monoisotopic (exact) mass is 346 g/mol. The van der Waals surface area contributed by atoms with Crippen LogP contribution in [-0.4, -0.2) is 7.11 Å². The number of rotatable bonds is 2. The van der Waals surface area contributed by atoms with Gasteiger partial charge in [0, 0.05) is 25.5 Å². The molecular formula is C16H11BrO2S. The number of hydrogen-bond acceptors (Lipinski definition) is 3. The molecule has 4 heteroatoms. The standard InChI is InChI=1S/C16H11BrO2S/c1-19-12-5-2-10(3-6-12)16-9-14(18)13-8-11(17)4-7-15(13)20-16/h2-9H,1H3. The third-order valence-electron chi connectivity index (χ3n) is 3.06. The molecule has 0 saturated carbocycles. The van der Waals surface area contributed by atoms with E-state index in [1.165, 1.54) is 0 Å². The maximum absolute atomic E-state index is 12.2. The number of fused-ring (bicyclic) bond motifs is 1. The van der Waals surface area contributed by atoms with Crippen molar-refractivity contribution in [2.45, 2.75) is 0 Å². The molecule has 2 nitrogen and oxygen atoms in total. The van der Waals surface area contributed by atoms with Crippen molar-refractivity contribution in [2.75, 3.05) is 7.11 Å². The second kappa shape index (κ2) is 5.38. The maximum Gasteiger partial charge on any atom is 0.188 e. The molecule has 20 heavy (non-hydrogen) atoms. The lowest BCUT2D eigenvalue weighted by molar-refractivity contribution is 0.415. The van der Waals surface area contributed by atoms with Gasteiger partial charge in [-0.3, -0.25) is 4.79 Å². The average molecular weight is 347 g/mol. The van der Waals surface area contributed by atoms with Gasteiger partial charge >= 0.3 is 0 Å². The van der Waals surface area contributed by atoms with Crippen molar-refractivity contribution in [3.63, 3.8) is 0 Å². The molecule has 0 saturated heterocycles. The van der Waals surface area contributed by atoms with Gasteiger partial charge in [-0.15, -0.1) is 11.3 Å². The largest absolute Gasteiger partial charge is 0.497 e. The number of halogens is 1. The van der Waals surface area contributed by atoms with E-state index in [-0.39, 0.29) is 5.43 Å². The molecule has 1 heterocycles. The van der Waals surface area contributed by atoms with Crippen molar-refractivity contribution < 1.29 is 4.74 Å².